The fourth-order valence-electron chi connectivity index (χ4n) is 0. The molecule has 0 rings (SSSR count). The first-order valence-corrected chi connectivity index (χ1v) is 7.57. The van der Waals surface area contributed by atoms with Crippen molar-refractivity contribution in [1.82, 2.24) is 0 Å². The zero-order chi connectivity index (χ0) is 10.7. The van der Waals surface area contributed by atoms with Crippen LogP contribution in [0.15, 0.2) is 0 Å². The average molecular weight is 394 g/mol. The van der Waals surface area contributed by atoms with Crippen LogP contribution in [0.1, 0.15) is 0 Å². The van der Waals surface area contributed by atoms with Crippen molar-refractivity contribution in [1.29, 1.82) is 0 Å². The van der Waals surface area contributed by atoms with E-state index in [1.54, 1.807) is 0 Å². The molecule has 0 unspecified atom stereocenters. The molecule has 0 N–H and O–H groups in total. The first-order chi connectivity index (χ1) is 5.20. The van der Waals surface area contributed by atoms with Crippen LogP contribution in [-0.2, 0) is 65.8 Å². The molecule has 0 heterocycles. The Labute approximate surface area is 166 Å². The van der Waals surface area contributed by atoms with Gasteiger partial charge in [-0.2, -0.15) is 0 Å². The van der Waals surface area contributed by atoms with Gasteiger partial charge in [-0.25, -0.2) is 0 Å². The fourth-order valence-corrected chi connectivity index (χ4v) is 0. The van der Waals surface area contributed by atoms with Gasteiger partial charge in [-0.3, -0.25) is 0 Å². The second kappa shape index (κ2) is 36.4. The molecule has 0 aromatic heterocycles. The van der Waals surface area contributed by atoms with E-state index in [9.17, 15) is 0 Å². The fraction of sp³-hybridized carbons (Fsp3) is 0. The monoisotopic (exact) mass is 394 g/mol. The first-order valence-electron chi connectivity index (χ1n) is 1.84. The van der Waals surface area contributed by atoms with E-state index < -0.39 is 55.8 Å². The van der Waals surface area contributed by atoms with E-state index in [2.05, 4.69) is 0 Å². The molecule has 0 aromatic rings. The van der Waals surface area contributed by atoms with Crippen molar-refractivity contribution >= 4 is 80.8 Å². The molecule has 0 aliphatic heterocycles. The van der Waals surface area contributed by atoms with Gasteiger partial charge in [0.15, 0.2) is 0 Å². The Hall–Kier alpha value is 3.90. The molecule has 16 heteroatoms. The predicted octanol–water partition coefficient (Wildman–Crippen LogP) is -10.1. The molecule has 16 heavy (non-hydrogen) atoms. The zero-order valence-corrected chi connectivity index (χ0v) is 13.3. The minimum atomic E-state index is -4.08. The Morgan fingerprint density at radius 1 is 0.500 bits per heavy atom. The molecule has 0 bridgehead atoms. The second-order valence-electron chi connectivity index (χ2n) is 0.750. The summed E-state index contributed by atoms with van der Waals surface area (Å²) >= 11 is -12.2. The van der Waals surface area contributed by atoms with E-state index in [0.29, 0.717) is 0 Å². The molecule has 0 amide bonds. The van der Waals surface area contributed by atoms with Crippen molar-refractivity contribution < 1.29 is 88.0 Å². The van der Waals surface area contributed by atoms with Crippen molar-refractivity contribution in [3.05, 3.63) is 0 Å². The van der Waals surface area contributed by atoms with Crippen LogP contribution in [0.4, 0.5) is 0 Å². The Balaban J connectivity index is -0.0000000135. The van der Waals surface area contributed by atoms with E-state index in [4.69, 9.17) is 32.1 Å². The molecule has 0 spiro atoms. The molecular weight excluding hydrogens is 390 g/mol. The summed E-state index contributed by atoms with van der Waals surface area (Å²) in [7, 11) is 0. The molecule has 0 saturated heterocycles. The summed E-state index contributed by atoms with van der Waals surface area (Å²) in [5.41, 5.74) is 0. The van der Waals surface area contributed by atoms with Crippen LogP contribution in [0.3, 0.4) is 0 Å². The van der Waals surface area contributed by atoms with Crippen LogP contribution in [0.5, 0.6) is 0 Å². The van der Waals surface area contributed by atoms with Crippen LogP contribution in [0, 0.1) is 0 Å². The maximum absolute atomic E-state index is 8.58. The summed E-state index contributed by atoms with van der Waals surface area (Å²) in [6.07, 6.45) is 0. The van der Waals surface area contributed by atoms with Crippen LogP contribution < -0.4 is 22.1 Å². The molecule has 0 radical (unpaired) electrons. The van der Waals surface area contributed by atoms with Gasteiger partial charge in [-0.15, -0.1) is 0 Å². The van der Waals surface area contributed by atoms with Crippen molar-refractivity contribution in [3.63, 3.8) is 0 Å². The minimum absolute atomic E-state index is 0. The van der Waals surface area contributed by atoms with Gasteiger partial charge in [0, 0.05) is 0 Å². The molecule has 9 nitrogen and oxygen atoms in total. The van der Waals surface area contributed by atoms with E-state index in [1.807, 2.05) is 0 Å². The van der Waals surface area contributed by atoms with Crippen LogP contribution in [-0.4, -0.2) is 80.8 Å². The van der Waals surface area contributed by atoms with E-state index in [-0.39, 0.29) is 80.8 Å². The van der Waals surface area contributed by atoms with Crippen molar-refractivity contribution in [2.45, 2.75) is 0 Å². The maximum atomic E-state index is 8.58. The van der Waals surface area contributed by atoms with E-state index in [0.717, 1.165) is 0 Å². The van der Waals surface area contributed by atoms with Gasteiger partial charge in [0.2, 0.25) is 0 Å². The third-order valence-corrected chi connectivity index (χ3v) is 0. The molecule has 0 atom stereocenters. The molecule has 0 aliphatic rings. The van der Waals surface area contributed by atoms with Crippen molar-refractivity contribution in [2.24, 2.45) is 0 Å². The molecule has 0 fully saturated rings. The molecule has 0 aliphatic carbocycles. The Morgan fingerprint density at radius 2 is 0.500 bits per heavy atom. The van der Waals surface area contributed by atoms with Gasteiger partial charge in [0.25, 0.3) is 0 Å². The van der Waals surface area contributed by atoms with Crippen molar-refractivity contribution in [3.8, 4) is 0 Å². The van der Waals surface area contributed by atoms with Gasteiger partial charge >= 0.3 is 169 Å². The topological polar surface area (TPSA) is 190 Å². The van der Waals surface area contributed by atoms with Gasteiger partial charge in [-0.1, -0.05) is 0 Å². The van der Waals surface area contributed by atoms with Crippen LogP contribution in [0.2, 0.25) is 0 Å². The van der Waals surface area contributed by atoms with Gasteiger partial charge in [0.1, 0.15) is 0 Å². The third-order valence-electron chi connectivity index (χ3n) is 0. The quantitative estimate of drug-likeness (QED) is 0.359. The van der Waals surface area contributed by atoms with Gasteiger partial charge < -0.3 is 0 Å². The summed E-state index contributed by atoms with van der Waals surface area (Å²) < 4.78 is 77.2. The summed E-state index contributed by atoms with van der Waals surface area (Å²) in [5.74, 6) is 0. The average Bonchev–Trinajstić information content (AvgIpc) is 1.54. The second-order valence-corrected chi connectivity index (χ2v) is 3.09. The van der Waals surface area contributed by atoms with Gasteiger partial charge in [-0.05, 0) is 0 Å². The Kier molecular flexibility index (Phi) is 97.2. The predicted molar refractivity (Wildman–Crippen MR) is 30.7 cm³/mol. The SMILES string of the molecule is [Al+3].[Al+3].[MgH2].[MgH2].[O]=[Ti]([O-])[O-].[O]=[Ti]([O-])[O-].[O]=[Ti]([O-])[O-]. The normalized spacial score (nSPS) is 4.88. The molecule has 0 aromatic carbocycles. The summed E-state index contributed by atoms with van der Waals surface area (Å²) in [6, 6.07) is 0. The molecule has 0 saturated carbocycles. The summed E-state index contributed by atoms with van der Waals surface area (Å²) in [5, 5.41) is 0. The number of hydrogen-bond acceptors (Lipinski definition) is 9. The van der Waals surface area contributed by atoms with Crippen molar-refractivity contribution in [2.75, 3.05) is 0 Å². The molecule has 80 valence electrons. The summed E-state index contributed by atoms with van der Waals surface area (Å²) in [6.45, 7) is 0. The summed E-state index contributed by atoms with van der Waals surface area (Å²) in [4.78, 5) is 0. The first kappa shape index (κ1) is 42.7. The van der Waals surface area contributed by atoms with Crippen LogP contribution in [0.25, 0.3) is 0 Å². The van der Waals surface area contributed by atoms with Gasteiger partial charge in [0.05, 0.1) is 0 Å². The third kappa shape index (κ3) is 336. The Morgan fingerprint density at radius 3 is 0.500 bits per heavy atom. The van der Waals surface area contributed by atoms with E-state index in [1.165, 1.54) is 0 Å². The number of hydrogen-bond donors (Lipinski definition) is 0. The number of rotatable bonds is 0. The standard InChI is InChI=1S/2Al.2Mg.9O.3Ti.4H/q2*+3;;;;;;6*-1;;;;;;;. The van der Waals surface area contributed by atoms with Crippen LogP contribution >= 0.6 is 0 Å². The zero-order valence-electron chi connectivity index (χ0n) is 6.33. The molecular formula is H4Al2Mg2O9Ti3. The Bertz CT molecular complexity index is 124. The van der Waals surface area contributed by atoms with E-state index >= 15 is 0 Å².